The summed E-state index contributed by atoms with van der Waals surface area (Å²) in [6.45, 7) is 4.42. The van der Waals surface area contributed by atoms with Gasteiger partial charge < -0.3 is 9.88 Å². The van der Waals surface area contributed by atoms with Crippen molar-refractivity contribution in [3.8, 4) is 0 Å². The zero-order chi connectivity index (χ0) is 16.2. The molecule has 0 fully saturated rings. The molecule has 3 aromatic rings. The van der Waals surface area contributed by atoms with Crippen LogP contribution in [0.2, 0.25) is 0 Å². The van der Waals surface area contributed by atoms with Gasteiger partial charge in [0.05, 0.1) is 11.0 Å². The van der Waals surface area contributed by atoms with Crippen molar-refractivity contribution in [3.63, 3.8) is 0 Å². The summed E-state index contributed by atoms with van der Waals surface area (Å²) in [6.07, 6.45) is 1.69. The third-order valence-electron chi connectivity index (χ3n) is 4.02. The summed E-state index contributed by atoms with van der Waals surface area (Å²) in [5, 5.41) is 3.03. The maximum atomic E-state index is 12.5. The standard InChI is InChI=1S/C19H21N3O/c1-3-14-9-5-6-10-15(14)21-19(23)13-22-17-12-8-7-11-16(17)20-18(22)4-2/h5-12H,3-4,13H2,1-2H3,(H,21,23). The van der Waals surface area contributed by atoms with Crippen LogP contribution < -0.4 is 5.32 Å². The van der Waals surface area contributed by atoms with Crippen LogP contribution in [0.4, 0.5) is 5.69 Å². The molecule has 118 valence electrons. The average Bonchev–Trinajstić information content (AvgIpc) is 2.93. The Morgan fingerprint density at radius 2 is 1.78 bits per heavy atom. The number of carbonyl (C=O) groups excluding carboxylic acids is 1. The molecule has 0 radical (unpaired) electrons. The van der Waals surface area contributed by atoms with E-state index in [1.54, 1.807) is 0 Å². The Kier molecular flexibility index (Phi) is 4.42. The molecule has 0 saturated carbocycles. The fourth-order valence-corrected chi connectivity index (χ4v) is 2.86. The topological polar surface area (TPSA) is 46.9 Å². The Bertz CT molecular complexity index is 836. The number of anilines is 1. The van der Waals surface area contributed by atoms with Crippen LogP contribution in [-0.4, -0.2) is 15.5 Å². The number of benzene rings is 2. The van der Waals surface area contributed by atoms with Gasteiger partial charge in [-0.2, -0.15) is 0 Å². The number of amides is 1. The van der Waals surface area contributed by atoms with E-state index in [1.165, 1.54) is 0 Å². The smallest absolute Gasteiger partial charge is 0.244 e. The number of hydrogen-bond acceptors (Lipinski definition) is 2. The van der Waals surface area contributed by atoms with Crippen LogP contribution in [0.25, 0.3) is 11.0 Å². The van der Waals surface area contributed by atoms with Crippen molar-refractivity contribution in [3.05, 3.63) is 59.9 Å². The molecule has 0 saturated heterocycles. The normalized spacial score (nSPS) is 10.9. The maximum Gasteiger partial charge on any atom is 0.244 e. The van der Waals surface area contributed by atoms with Crippen molar-refractivity contribution in [2.24, 2.45) is 0 Å². The van der Waals surface area contributed by atoms with E-state index in [9.17, 15) is 4.79 Å². The number of aromatic nitrogens is 2. The number of carbonyl (C=O) groups is 1. The van der Waals surface area contributed by atoms with Crippen LogP contribution >= 0.6 is 0 Å². The van der Waals surface area contributed by atoms with Gasteiger partial charge in [0.2, 0.25) is 5.91 Å². The first kappa shape index (κ1) is 15.3. The molecule has 1 amide bonds. The molecule has 0 aliphatic heterocycles. The number of nitrogens with one attached hydrogen (secondary N) is 1. The van der Waals surface area contributed by atoms with Crippen LogP contribution in [0.3, 0.4) is 0 Å². The summed E-state index contributed by atoms with van der Waals surface area (Å²) in [7, 11) is 0. The predicted octanol–water partition coefficient (Wildman–Crippen LogP) is 3.80. The van der Waals surface area contributed by atoms with Gasteiger partial charge in [0, 0.05) is 12.1 Å². The van der Waals surface area contributed by atoms with E-state index < -0.39 is 0 Å². The van der Waals surface area contributed by atoms with E-state index in [-0.39, 0.29) is 12.5 Å². The second-order valence-electron chi connectivity index (χ2n) is 5.52. The van der Waals surface area contributed by atoms with E-state index in [2.05, 4.69) is 24.1 Å². The lowest BCUT2D eigenvalue weighted by Crippen LogP contribution is -2.20. The number of imidazole rings is 1. The zero-order valence-electron chi connectivity index (χ0n) is 13.5. The van der Waals surface area contributed by atoms with Gasteiger partial charge >= 0.3 is 0 Å². The lowest BCUT2D eigenvalue weighted by atomic mass is 10.1. The molecule has 0 aliphatic rings. The highest BCUT2D eigenvalue weighted by Gasteiger charge is 2.13. The number of rotatable bonds is 5. The summed E-state index contributed by atoms with van der Waals surface area (Å²) in [6, 6.07) is 15.9. The monoisotopic (exact) mass is 307 g/mol. The van der Waals surface area contributed by atoms with Crippen LogP contribution in [-0.2, 0) is 24.2 Å². The fourth-order valence-electron chi connectivity index (χ4n) is 2.86. The minimum atomic E-state index is -0.0243. The molecule has 1 N–H and O–H groups in total. The molecule has 2 aromatic carbocycles. The van der Waals surface area contributed by atoms with Gasteiger partial charge in [0.25, 0.3) is 0 Å². The first-order valence-corrected chi connectivity index (χ1v) is 8.04. The molecular weight excluding hydrogens is 286 g/mol. The molecular formula is C19H21N3O. The Morgan fingerprint density at radius 3 is 2.57 bits per heavy atom. The molecule has 4 heteroatoms. The summed E-state index contributed by atoms with van der Waals surface area (Å²) in [4.78, 5) is 17.1. The average molecular weight is 307 g/mol. The quantitative estimate of drug-likeness (QED) is 0.779. The van der Waals surface area contributed by atoms with Crippen LogP contribution in [0.5, 0.6) is 0 Å². The second kappa shape index (κ2) is 6.65. The Labute approximate surface area is 136 Å². The van der Waals surface area contributed by atoms with Gasteiger partial charge in [0.1, 0.15) is 12.4 Å². The van der Waals surface area contributed by atoms with Crippen molar-refractivity contribution in [2.45, 2.75) is 33.2 Å². The fraction of sp³-hybridized carbons (Fsp3) is 0.263. The predicted molar refractivity (Wildman–Crippen MR) is 93.6 cm³/mol. The zero-order valence-corrected chi connectivity index (χ0v) is 13.5. The third kappa shape index (κ3) is 3.11. The second-order valence-corrected chi connectivity index (χ2v) is 5.52. The molecule has 0 atom stereocenters. The van der Waals surface area contributed by atoms with E-state index in [0.717, 1.165) is 41.0 Å². The van der Waals surface area contributed by atoms with Crippen molar-refractivity contribution < 1.29 is 4.79 Å². The lowest BCUT2D eigenvalue weighted by molar-refractivity contribution is -0.116. The Morgan fingerprint density at radius 1 is 1.04 bits per heavy atom. The van der Waals surface area contributed by atoms with Crippen LogP contribution in [0.15, 0.2) is 48.5 Å². The van der Waals surface area contributed by atoms with E-state index >= 15 is 0 Å². The van der Waals surface area contributed by atoms with Gasteiger partial charge in [-0.25, -0.2) is 4.98 Å². The molecule has 0 bridgehead atoms. The lowest BCUT2D eigenvalue weighted by Gasteiger charge is -2.12. The van der Waals surface area contributed by atoms with Gasteiger partial charge in [0.15, 0.2) is 0 Å². The van der Waals surface area contributed by atoms with Crippen LogP contribution in [0, 0.1) is 0 Å². The number of nitrogens with zero attached hydrogens (tertiary/aromatic N) is 2. The Balaban J connectivity index is 1.86. The van der Waals surface area contributed by atoms with E-state index in [4.69, 9.17) is 0 Å². The molecule has 3 rings (SSSR count). The van der Waals surface area contributed by atoms with Gasteiger partial charge in [-0.15, -0.1) is 0 Å². The summed E-state index contributed by atoms with van der Waals surface area (Å²) < 4.78 is 2.00. The number of aryl methyl sites for hydroxylation is 2. The first-order chi connectivity index (χ1) is 11.2. The molecule has 4 nitrogen and oxygen atoms in total. The van der Waals surface area contributed by atoms with Gasteiger partial charge in [-0.3, -0.25) is 4.79 Å². The number of fused-ring (bicyclic) bond motifs is 1. The molecule has 1 aromatic heterocycles. The molecule has 23 heavy (non-hydrogen) atoms. The highest BCUT2D eigenvalue weighted by atomic mass is 16.1. The molecule has 1 heterocycles. The van der Waals surface area contributed by atoms with Crippen molar-refractivity contribution in [1.29, 1.82) is 0 Å². The number of hydrogen-bond donors (Lipinski definition) is 1. The summed E-state index contributed by atoms with van der Waals surface area (Å²) >= 11 is 0. The highest BCUT2D eigenvalue weighted by Crippen LogP contribution is 2.18. The largest absolute Gasteiger partial charge is 0.324 e. The molecule has 0 aliphatic carbocycles. The maximum absolute atomic E-state index is 12.5. The molecule has 0 spiro atoms. The van der Waals surface area contributed by atoms with Crippen LogP contribution in [0.1, 0.15) is 25.2 Å². The summed E-state index contributed by atoms with van der Waals surface area (Å²) in [5.41, 5.74) is 3.98. The third-order valence-corrected chi connectivity index (χ3v) is 4.02. The SMILES string of the molecule is CCc1ccccc1NC(=O)Cn1c(CC)nc2ccccc21. The van der Waals surface area contributed by atoms with Crippen molar-refractivity contribution in [2.75, 3.05) is 5.32 Å². The van der Waals surface area contributed by atoms with Gasteiger partial charge in [-0.1, -0.05) is 44.2 Å². The first-order valence-electron chi connectivity index (χ1n) is 8.04. The minimum absolute atomic E-state index is 0.0243. The van der Waals surface area contributed by atoms with Crippen molar-refractivity contribution >= 4 is 22.6 Å². The molecule has 0 unspecified atom stereocenters. The number of para-hydroxylation sites is 3. The summed E-state index contributed by atoms with van der Waals surface area (Å²) in [5.74, 6) is 0.911. The van der Waals surface area contributed by atoms with Crippen molar-refractivity contribution in [1.82, 2.24) is 9.55 Å². The minimum Gasteiger partial charge on any atom is -0.324 e. The van der Waals surface area contributed by atoms with E-state index in [0.29, 0.717) is 0 Å². The Hall–Kier alpha value is -2.62. The van der Waals surface area contributed by atoms with Gasteiger partial charge in [-0.05, 0) is 30.2 Å². The highest BCUT2D eigenvalue weighted by molar-refractivity contribution is 5.92. The van der Waals surface area contributed by atoms with E-state index in [1.807, 2.05) is 53.1 Å².